The Morgan fingerprint density at radius 3 is 2.76 bits per heavy atom. The van der Waals surface area contributed by atoms with Crippen LogP contribution in [0.4, 0.5) is 8.78 Å². The molecular weight excluding hydrogens is 278 g/mol. The Balaban J connectivity index is 2.03. The summed E-state index contributed by atoms with van der Waals surface area (Å²) in [5.74, 6) is -2.22. The summed E-state index contributed by atoms with van der Waals surface area (Å²) in [6.45, 7) is 3.46. The second-order valence-electron chi connectivity index (χ2n) is 5.50. The molecule has 0 aliphatic carbocycles. The number of piperidine rings is 1. The summed E-state index contributed by atoms with van der Waals surface area (Å²) in [6.07, 6.45) is 0.686. The van der Waals surface area contributed by atoms with E-state index in [2.05, 4.69) is 10.6 Å². The predicted octanol–water partition coefficient (Wildman–Crippen LogP) is 2.06. The van der Waals surface area contributed by atoms with Gasteiger partial charge in [-0.3, -0.25) is 9.59 Å². The van der Waals surface area contributed by atoms with Gasteiger partial charge in [0.1, 0.15) is 11.6 Å². The summed E-state index contributed by atoms with van der Waals surface area (Å²) in [5, 5.41) is 5.43. The Bertz CT molecular complexity index is 563. The lowest BCUT2D eigenvalue weighted by Gasteiger charge is -2.27. The molecule has 2 amide bonds. The molecule has 2 rings (SSSR count). The van der Waals surface area contributed by atoms with Crippen LogP contribution in [-0.4, -0.2) is 17.9 Å². The number of carbonyl (C=O) groups is 2. The second kappa shape index (κ2) is 6.20. The number of halogens is 2. The number of hydrogen-bond acceptors (Lipinski definition) is 2. The molecule has 1 fully saturated rings. The predicted molar refractivity (Wildman–Crippen MR) is 73.2 cm³/mol. The maximum Gasteiger partial charge on any atom is 0.224 e. The Morgan fingerprint density at radius 2 is 2.14 bits per heavy atom. The number of rotatable bonds is 3. The SMILES string of the molecule is CC1CC(C(=O)NC(C)c2ccc(F)cc2F)CC(=O)N1. The van der Waals surface area contributed by atoms with Crippen molar-refractivity contribution < 1.29 is 18.4 Å². The average Bonchev–Trinajstić information content (AvgIpc) is 2.37. The van der Waals surface area contributed by atoms with Crippen molar-refractivity contribution >= 4 is 11.8 Å². The minimum atomic E-state index is -0.697. The number of nitrogens with one attached hydrogen (secondary N) is 2. The maximum atomic E-state index is 13.7. The molecule has 3 atom stereocenters. The standard InChI is InChI=1S/C15H18F2N2O2/c1-8-5-10(6-14(20)18-8)15(21)19-9(2)12-4-3-11(16)7-13(12)17/h3-4,7-10H,5-6H2,1-2H3,(H,18,20)(H,19,21). The zero-order valence-corrected chi connectivity index (χ0v) is 12.0. The second-order valence-corrected chi connectivity index (χ2v) is 5.50. The van der Waals surface area contributed by atoms with E-state index in [1.807, 2.05) is 6.92 Å². The summed E-state index contributed by atoms with van der Waals surface area (Å²) in [5.41, 5.74) is 0.220. The molecule has 0 aromatic heterocycles. The van der Waals surface area contributed by atoms with Crippen LogP contribution in [0.5, 0.6) is 0 Å². The first-order chi connectivity index (χ1) is 9.86. The van der Waals surface area contributed by atoms with E-state index < -0.39 is 23.6 Å². The van der Waals surface area contributed by atoms with Crippen LogP contribution in [0.1, 0.15) is 38.3 Å². The van der Waals surface area contributed by atoms with E-state index in [1.54, 1.807) is 6.92 Å². The first kappa shape index (κ1) is 15.4. The lowest BCUT2D eigenvalue weighted by Crippen LogP contribution is -2.46. The first-order valence-corrected chi connectivity index (χ1v) is 6.91. The molecule has 1 aromatic carbocycles. The zero-order valence-electron chi connectivity index (χ0n) is 12.0. The van der Waals surface area contributed by atoms with Gasteiger partial charge in [0.25, 0.3) is 0 Å². The molecule has 114 valence electrons. The van der Waals surface area contributed by atoms with E-state index in [4.69, 9.17) is 0 Å². The van der Waals surface area contributed by atoms with E-state index in [1.165, 1.54) is 6.07 Å². The Kier molecular flexibility index (Phi) is 4.55. The fourth-order valence-electron chi connectivity index (χ4n) is 2.59. The monoisotopic (exact) mass is 296 g/mol. The minimum Gasteiger partial charge on any atom is -0.354 e. The van der Waals surface area contributed by atoms with Crippen LogP contribution in [0.25, 0.3) is 0 Å². The molecule has 1 saturated heterocycles. The first-order valence-electron chi connectivity index (χ1n) is 6.91. The molecule has 1 aliphatic heterocycles. The normalized spacial score (nSPS) is 23.3. The van der Waals surface area contributed by atoms with Gasteiger partial charge in [0.05, 0.1) is 6.04 Å². The van der Waals surface area contributed by atoms with E-state index in [0.29, 0.717) is 6.42 Å². The van der Waals surface area contributed by atoms with E-state index in [9.17, 15) is 18.4 Å². The van der Waals surface area contributed by atoms with Gasteiger partial charge in [-0.05, 0) is 26.3 Å². The fourth-order valence-corrected chi connectivity index (χ4v) is 2.59. The van der Waals surface area contributed by atoms with Crippen molar-refractivity contribution in [1.82, 2.24) is 10.6 Å². The molecule has 4 nitrogen and oxygen atoms in total. The van der Waals surface area contributed by atoms with Gasteiger partial charge in [0.15, 0.2) is 0 Å². The highest BCUT2D eigenvalue weighted by Crippen LogP contribution is 2.21. The molecule has 0 saturated carbocycles. The van der Waals surface area contributed by atoms with E-state index in [-0.39, 0.29) is 29.8 Å². The van der Waals surface area contributed by atoms with Gasteiger partial charge < -0.3 is 10.6 Å². The minimum absolute atomic E-state index is 0.0557. The fraction of sp³-hybridized carbons (Fsp3) is 0.467. The van der Waals surface area contributed by atoms with Crippen molar-refractivity contribution in [3.63, 3.8) is 0 Å². The van der Waals surface area contributed by atoms with Crippen LogP contribution in [0, 0.1) is 17.6 Å². The molecule has 3 unspecified atom stereocenters. The molecule has 21 heavy (non-hydrogen) atoms. The van der Waals surface area contributed by atoms with Crippen LogP contribution in [0.2, 0.25) is 0 Å². The molecule has 1 heterocycles. The molecular formula is C15H18F2N2O2. The third kappa shape index (κ3) is 3.77. The molecule has 0 bridgehead atoms. The average molecular weight is 296 g/mol. The molecule has 0 radical (unpaired) electrons. The maximum absolute atomic E-state index is 13.7. The summed E-state index contributed by atoms with van der Waals surface area (Å²) in [6, 6.07) is 2.61. The van der Waals surface area contributed by atoms with Gasteiger partial charge in [-0.2, -0.15) is 0 Å². The number of hydrogen-bond donors (Lipinski definition) is 2. The van der Waals surface area contributed by atoms with Crippen molar-refractivity contribution in [1.29, 1.82) is 0 Å². The van der Waals surface area contributed by atoms with Crippen molar-refractivity contribution in [3.05, 3.63) is 35.4 Å². The van der Waals surface area contributed by atoms with Gasteiger partial charge in [-0.25, -0.2) is 8.78 Å². The van der Waals surface area contributed by atoms with Crippen molar-refractivity contribution in [2.75, 3.05) is 0 Å². The van der Waals surface area contributed by atoms with E-state index in [0.717, 1.165) is 12.1 Å². The summed E-state index contributed by atoms with van der Waals surface area (Å²) in [7, 11) is 0. The van der Waals surface area contributed by atoms with Crippen molar-refractivity contribution in [3.8, 4) is 0 Å². The summed E-state index contributed by atoms with van der Waals surface area (Å²) in [4.78, 5) is 23.6. The molecule has 0 spiro atoms. The highest BCUT2D eigenvalue weighted by atomic mass is 19.1. The number of benzene rings is 1. The van der Waals surface area contributed by atoms with Crippen LogP contribution in [0.3, 0.4) is 0 Å². The highest BCUT2D eigenvalue weighted by Gasteiger charge is 2.30. The summed E-state index contributed by atoms with van der Waals surface area (Å²) < 4.78 is 26.5. The Morgan fingerprint density at radius 1 is 1.43 bits per heavy atom. The Labute approximate surface area is 121 Å². The van der Waals surface area contributed by atoms with E-state index >= 15 is 0 Å². The number of amides is 2. The smallest absolute Gasteiger partial charge is 0.224 e. The van der Waals surface area contributed by atoms with Crippen LogP contribution >= 0.6 is 0 Å². The van der Waals surface area contributed by atoms with Crippen molar-refractivity contribution in [2.24, 2.45) is 5.92 Å². The molecule has 1 aromatic rings. The van der Waals surface area contributed by atoms with Gasteiger partial charge >= 0.3 is 0 Å². The third-order valence-corrected chi connectivity index (χ3v) is 3.64. The van der Waals surface area contributed by atoms with Crippen LogP contribution < -0.4 is 10.6 Å². The van der Waals surface area contributed by atoms with Gasteiger partial charge in [0, 0.05) is 30.0 Å². The largest absolute Gasteiger partial charge is 0.354 e. The molecule has 1 aliphatic rings. The van der Waals surface area contributed by atoms with Crippen molar-refractivity contribution in [2.45, 2.75) is 38.8 Å². The molecule has 6 heteroatoms. The number of carbonyl (C=O) groups excluding carboxylic acids is 2. The Hall–Kier alpha value is -1.98. The summed E-state index contributed by atoms with van der Waals surface area (Å²) >= 11 is 0. The lowest BCUT2D eigenvalue weighted by atomic mass is 9.91. The quantitative estimate of drug-likeness (QED) is 0.897. The van der Waals surface area contributed by atoms with Gasteiger partial charge in [-0.1, -0.05) is 6.07 Å². The third-order valence-electron chi connectivity index (χ3n) is 3.64. The zero-order chi connectivity index (χ0) is 15.6. The van der Waals surface area contributed by atoms with Crippen LogP contribution in [-0.2, 0) is 9.59 Å². The topological polar surface area (TPSA) is 58.2 Å². The molecule has 2 N–H and O–H groups in total. The van der Waals surface area contributed by atoms with Gasteiger partial charge in [0.2, 0.25) is 11.8 Å². The highest BCUT2D eigenvalue weighted by molar-refractivity contribution is 5.87. The lowest BCUT2D eigenvalue weighted by molar-refractivity contribution is -0.133. The van der Waals surface area contributed by atoms with Gasteiger partial charge in [-0.15, -0.1) is 0 Å². The van der Waals surface area contributed by atoms with Crippen LogP contribution in [0.15, 0.2) is 18.2 Å².